The van der Waals surface area contributed by atoms with Crippen molar-refractivity contribution >= 4 is 49.1 Å². The zero-order valence-electron chi connectivity index (χ0n) is 29.9. The topological polar surface area (TPSA) is 121 Å². The summed E-state index contributed by atoms with van der Waals surface area (Å²) in [7, 11) is 1.25. The van der Waals surface area contributed by atoms with Crippen molar-refractivity contribution in [3.05, 3.63) is 41.0 Å². The summed E-state index contributed by atoms with van der Waals surface area (Å²) in [4.78, 5) is 27.3. The first-order chi connectivity index (χ1) is 25.7. The molecule has 2 aromatic carbocycles. The second kappa shape index (κ2) is 14.7. The molecule has 4 aromatic rings. The lowest BCUT2D eigenvalue weighted by Crippen LogP contribution is -2.47. The molecule has 17 heteroatoms. The smallest absolute Gasteiger partial charge is 0.417 e. The van der Waals surface area contributed by atoms with Crippen molar-refractivity contribution in [3.63, 3.8) is 0 Å². The molecule has 54 heavy (non-hydrogen) atoms. The van der Waals surface area contributed by atoms with Crippen molar-refractivity contribution < 1.29 is 40.6 Å². The molecule has 0 radical (unpaired) electrons. The fourth-order valence-electron chi connectivity index (χ4n) is 8.25. The van der Waals surface area contributed by atoms with Gasteiger partial charge in [0.25, 0.3) is 0 Å². The Balaban J connectivity index is 0.000000433. The van der Waals surface area contributed by atoms with E-state index in [9.17, 15) is 32.0 Å². The third kappa shape index (κ3) is 6.66. The highest BCUT2D eigenvalue weighted by molar-refractivity contribution is 7.23. The molecule has 4 aliphatic heterocycles. The van der Waals surface area contributed by atoms with Crippen LogP contribution in [0.15, 0.2) is 18.2 Å². The van der Waals surface area contributed by atoms with Gasteiger partial charge in [0, 0.05) is 54.1 Å². The molecule has 4 unspecified atom stereocenters. The quantitative estimate of drug-likeness (QED) is 0.208. The van der Waals surface area contributed by atoms with Gasteiger partial charge in [-0.2, -0.15) is 28.4 Å². The number of ether oxygens (including phenoxy) is 2. The average Bonchev–Trinajstić information content (AvgIpc) is 3.87. The van der Waals surface area contributed by atoms with Crippen molar-refractivity contribution in [1.29, 1.82) is 5.26 Å². The lowest BCUT2D eigenvalue weighted by Gasteiger charge is -2.33. The molecule has 4 saturated heterocycles. The summed E-state index contributed by atoms with van der Waals surface area (Å²) in [6, 6.07) is 4.31. The van der Waals surface area contributed by atoms with E-state index in [1.807, 2.05) is 13.0 Å². The minimum absolute atomic E-state index is 0.00974. The molecule has 6 heterocycles. The van der Waals surface area contributed by atoms with Crippen LogP contribution in [0.4, 0.5) is 37.2 Å². The van der Waals surface area contributed by atoms with E-state index in [1.165, 1.54) is 20.0 Å². The van der Waals surface area contributed by atoms with E-state index in [1.54, 1.807) is 16.7 Å². The number of methoxy groups -OCH3 is 1. The van der Waals surface area contributed by atoms with Crippen LogP contribution in [0.3, 0.4) is 0 Å². The predicted octanol–water partition coefficient (Wildman–Crippen LogP) is 6.93. The number of aromatic nitrogens is 2. The Morgan fingerprint density at radius 1 is 1.20 bits per heavy atom. The zero-order valence-corrected chi connectivity index (χ0v) is 30.7. The zero-order chi connectivity index (χ0) is 38.6. The first-order valence-electron chi connectivity index (χ1n) is 17.8. The molecule has 8 rings (SSSR count). The van der Waals surface area contributed by atoms with Crippen LogP contribution in [-0.4, -0.2) is 96.5 Å². The van der Waals surface area contributed by atoms with E-state index in [0.717, 1.165) is 31.2 Å². The number of likely N-dealkylation sites (tertiary alicyclic amines) is 1. The van der Waals surface area contributed by atoms with Crippen molar-refractivity contribution in [2.45, 2.75) is 70.0 Å². The molecule has 288 valence electrons. The van der Waals surface area contributed by atoms with Crippen LogP contribution in [0.2, 0.25) is 0 Å². The lowest BCUT2D eigenvalue weighted by molar-refractivity contribution is -0.150. The number of benzene rings is 2. The first kappa shape index (κ1) is 37.9. The minimum Gasteiger partial charge on any atom is -0.467 e. The number of carbonyl (C=O) groups excluding carboxylic acids is 1. The number of nitriles is 1. The molecule has 0 aliphatic carbocycles. The normalized spacial score (nSPS) is 22.9. The number of hydrogen-bond acceptors (Lipinski definition) is 10. The van der Waals surface area contributed by atoms with Crippen molar-refractivity contribution in [2.75, 3.05) is 57.1 Å². The number of anilines is 2. The Morgan fingerprint density at radius 2 is 1.96 bits per heavy atom. The highest BCUT2D eigenvalue weighted by Gasteiger charge is 2.42. The summed E-state index contributed by atoms with van der Waals surface area (Å²) in [5.74, 6) is -2.43. The molecule has 4 aliphatic rings. The summed E-state index contributed by atoms with van der Waals surface area (Å²) in [6.07, 6.45) is -1.77. The van der Waals surface area contributed by atoms with Crippen LogP contribution < -0.4 is 15.4 Å². The van der Waals surface area contributed by atoms with E-state index in [4.69, 9.17) is 15.2 Å². The third-order valence-electron chi connectivity index (χ3n) is 10.9. The summed E-state index contributed by atoms with van der Waals surface area (Å²) >= 11 is 0.690. The largest absolute Gasteiger partial charge is 0.467 e. The highest BCUT2D eigenvalue weighted by atomic mass is 32.1. The number of nitrogens with zero attached hydrogens (tertiary/aromatic N) is 6. The molecule has 1 amide bonds. The fraction of sp³-hybridized carbons (Fsp3) is 0.514. The monoisotopic (exact) mass is 775 g/mol. The van der Waals surface area contributed by atoms with Gasteiger partial charge >= 0.3 is 12.2 Å². The number of hydrogen-bond donors (Lipinski definition) is 1. The lowest BCUT2D eigenvalue weighted by atomic mass is 9.92. The van der Waals surface area contributed by atoms with E-state index in [0.29, 0.717) is 43.6 Å². The number of nitrogen functional groups attached to an aromatic ring is 1. The van der Waals surface area contributed by atoms with Gasteiger partial charge < -0.3 is 25.0 Å². The van der Waals surface area contributed by atoms with Gasteiger partial charge in [-0.3, -0.25) is 9.69 Å². The number of thiophene rings is 1. The Labute approximate surface area is 311 Å². The maximum atomic E-state index is 16.7. The number of nitrogens with two attached hydrogens (primary N) is 1. The van der Waals surface area contributed by atoms with E-state index in [2.05, 4.69) is 14.9 Å². The molecule has 4 fully saturated rings. The summed E-state index contributed by atoms with van der Waals surface area (Å²) in [6.45, 7) is 6.77. The number of halogens is 6. The number of amides is 1. The highest BCUT2D eigenvalue weighted by Crippen LogP contribution is 2.48. The second-order valence-corrected chi connectivity index (χ2v) is 15.2. The molecular weight excluding hydrogens is 737 g/mol. The number of alkyl halides is 4. The van der Waals surface area contributed by atoms with Crippen LogP contribution >= 0.6 is 11.3 Å². The molecule has 10 nitrogen and oxygen atoms in total. The molecular formula is C37H39F6N7O3S. The van der Waals surface area contributed by atoms with E-state index < -0.39 is 40.6 Å². The number of rotatable bonds is 6. The van der Waals surface area contributed by atoms with Crippen LogP contribution in [0, 0.1) is 28.9 Å². The second-order valence-electron chi connectivity index (χ2n) is 14.2. The van der Waals surface area contributed by atoms with Gasteiger partial charge in [-0.15, -0.1) is 11.3 Å². The van der Waals surface area contributed by atoms with Gasteiger partial charge in [0.05, 0.1) is 42.1 Å². The molecule has 0 spiro atoms. The Hall–Kier alpha value is -4.40. The summed E-state index contributed by atoms with van der Waals surface area (Å²) in [5, 5.41) is 9.17. The molecule has 4 atom stereocenters. The van der Waals surface area contributed by atoms with Gasteiger partial charge in [0.1, 0.15) is 34.4 Å². The van der Waals surface area contributed by atoms with Gasteiger partial charge in [-0.25, -0.2) is 13.2 Å². The van der Waals surface area contributed by atoms with Crippen LogP contribution in [-0.2, 0) is 15.7 Å². The van der Waals surface area contributed by atoms with Crippen molar-refractivity contribution in [1.82, 2.24) is 19.8 Å². The molecule has 0 bridgehead atoms. The van der Waals surface area contributed by atoms with Crippen LogP contribution in [0.1, 0.15) is 50.7 Å². The summed E-state index contributed by atoms with van der Waals surface area (Å²) in [5.41, 5.74) is 2.58. The average molecular weight is 776 g/mol. The summed E-state index contributed by atoms with van der Waals surface area (Å²) < 4.78 is 98.7. The van der Waals surface area contributed by atoms with Crippen molar-refractivity contribution in [2.24, 2.45) is 5.92 Å². The fourth-order valence-corrected chi connectivity index (χ4v) is 9.20. The van der Waals surface area contributed by atoms with Crippen LogP contribution in [0.5, 0.6) is 6.01 Å². The van der Waals surface area contributed by atoms with Crippen molar-refractivity contribution in [3.8, 4) is 23.2 Å². The van der Waals surface area contributed by atoms with Gasteiger partial charge in [-0.1, -0.05) is 6.07 Å². The maximum absolute atomic E-state index is 16.7. The van der Waals surface area contributed by atoms with Gasteiger partial charge in [0.2, 0.25) is 5.91 Å². The first-order valence-corrected chi connectivity index (χ1v) is 18.7. The maximum Gasteiger partial charge on any atom is 0.417 e. The van der Waals surface area contributed by atoms with Gasteiger partial charge in [0.15, 0.2) is 5.82 Å². The number of carbonyl (C=O) groups is 1. The Kier molecular flexibility index (Phi) is 10.3. The van der Waals surface area contributed by atoms with E-state index in [-0.39, 0.29) is 80.4 Å². The molecule has 0 saturated carbocycles. The minimum atomic E-state index is -5.08. The van der Waals surface area contributed by atoms with E-state index >= 15 is 4.39 Å². The molecule has 2 aromatic heterocycles. The SMILES string of the molecule is CCN(c1nc(OC)nc2c(F)c(-c3ccc(F)c4sc(N)c(C#N)c34)c(C(F)(F)F)cc12)C1CC(C)N(C(=O)C2COC2)C1.FC1CC2CCCN2C1. The number of fused-ring (bicyclic) bond motifs is 3. The molecule has 2 N–H and O–H groups in total. The third-order valence-corrected chi connectivity index (χ3v) is 11.9. The van der Waals surface area contributed by atoms with Crippen LogP contribution in [0.25, 0.3) is 32.1 Å². The van der Waals surface area contributed by atoms with Gasteiger partial charge in [-0.05, 0) is 63.8 Å². The Morgan fingerprint density at radius 3 is 2.59 bits per heavy atom. The predicted molar refractivity (Wildman–Crippen MR) is 192 cm³/mol. The standard InChI is InChI=1S/C30H27F5N6O3S.C7H12FN/c1-4-40(15-7-13(2)41(10-15)28(42)14-11-44-12-14)27-17-8-19(30(33,34)35)22(23(32)24(17)38-29(39-27)43-3)16-5-6-20(31)25-21(16)18(9-36)26(37)45-25;8-6-4-7-2-1-3-9(7)5-6/h5-6,8,13-15H,4,7,10-12,37H2,1-3H3;6-7H,1-5H2. The number of likely N-dealkylation sites (N-methyl/N-ethyl adjacent to an activating group) is 1. The Bertz CT molecular complexity index is 2130.